The van der Waals surface area contributed by atoms with Gasteiger partial charge in [0.25, 0.3) is 0 Å². The molecule has 1 aromatic carbocycles. The number of rotatable bonds is 5. The van der Waals surface area contributed by atoms with Crippen molar-refractivity contribution in [2.45, 2.75) is 13.3 Å². The van der Waals surface area contributed by atoms with E-state index in [1.165, 1.54) is 18.2 Å². The summed E-state index contributed by atoms with van der Waals surface area (Å²) in [7, 11) is 0. The van der Waals surface area contributed by atoms with Gasteiger partial charge in [0.1, 0.15) is 0 Å². The van der Waals surface area contributed by atoms with Crippen LogP contribution in [0.25, 0.3) is 0 Å². The van der Waals surface area contributed by atoms with Crippen LogP contribution in [-0.2, 0) is 0 Å². The van der Waals surface area contributed by atoms with Crippen LogP contribution < -0.4 is 61.6 Å². The van der Waals surface area contributed by atoms with Gasteiger partial charge >= 0.3 is 58.4 Å². The van der Waals surface area contributed by atoms with Gasteiger partial charge in [0.05, 0.1) is 12.4 Å². The second-order valence-electron chi connectivity index (χ2n) is 3.67. The largest absolute Gasteiger partial charge is 1.00 e. The van der Waals surface area contributed by atoms with Crippen LogP contribution in [0.4, 0.5) is 12.9 Å². The molecule has 0 radical (unpaired) electrons. The number of para-hydroxylation sites is 1. The quantitative estimate of drug-likeness (QED) is 0.543. The molecule has 0 bridgehead atoms. The topological polar surface area (TPSA) is 9.23 Å². The third kappa shape index (κ3) is 6.11. The SMILES string of the molecule is C=C(C)CCOc1ccccc1[B-](F)(F)F.[K+]. The molecule has 0 aliphatic rings. The Morgan fingerprint density at radius 3 is 2.41 bits per heavy atom. The van der Waals surface area contributed by atoms with Gasteiger partial charge in [-0.15, -0.1) is 6.58 Å². The Balaban J connectivity index is 0.00000256. The molecule has 88 valence electrons. The van der Waals surface area contributed by atoms with E-state index in [9.17, 15) is 12.9 Å². The third-order valence-electron chi connectivity index (χ3n) is 2.06. The number of halogens is 3. The summed E-state index contributed by atoms with van der Waals surface area (Å²) >= 11 is 0. The Morgan fingerprint density at radius 1 is 1.29 bits per heavy atom. The fourth-order valence-corrected chi connectivity index (χ4v) is 1.22. The molecule has 1 nitrogen and oxygen atoms in total. The van der Waals surface area contributed by atoms with Crippen LogP contribution >= 0.6 is 0 Å². The first kappa shape index (κ1) is 17.3. The van der Waals surface area contributed by atoms with Crippen molar-refractivity contribution < 1.29 is 69.1 Å². The Hall–Kier alpha value is 0.251. The van der Waals surface area contributed by atoms with Crippen molar-refractivity contribution in [2.24, 2.45) is 0 Å². The molecule has 0 saturated heterocycles. The zero-order valence-electron chi connectivity index (χ0n) is 10.1. The average Bonchev–Trinajstić information content (AvgIpc) is 2.16. The summed E-state index contributed by atoms with van der Waals surface area (Å²) in [6, 6.07) is 5.26. The second-order valence-corrected chi connectivity index (χ2v) is 3.67. The van der Waals surface area contributed by atoms with E-state index < -0.39 is 12.4 Å². The fraction of sp³-hybridized carbons (Fsp3) is 0.273. The molecule has 17 heavy (non-hydrogen) atoms. The summed E-state index contributed by atoms with van der Waals surface area (Å²) in [5.74, 6) is -0.101. The predicted octanol–water partition coefficient (Wildman–Crippen LogP) is 0.0900. The molecular weight excluding hydrogens is 255 g/mol. The molecule has 0 atom stereocenters. The average molecular weight is 268 g/mol. The van der Waals surface area contributed by atoms with Crippen molar-refractivity contribution in [2.75, 3.05) is 6.61 Å². The molecule has 0 N–H and O–H groups in total. The Morgan fingerprint density at radius 2 is 1.88 bits per heavy atom. The molecule has 0 unspecified atom stereocenters. The van der Waals surface area contributed by atoms with Crippen LogP contribution in [0.2, 0.25) is 0 Å². The summed E-state index contributed by atoms with van der Waals surface area (Å²) in [6.07, 6.45) is 0.555. The van der Waals surface area contributed by atoms with Crippen molar-refractivity contribution in [1.29, 1.82) is 0 Å². The zero-order valence-corrected chi connectivity index (χ0v) is 13.2. The van der Waals surface area contributed by atoms with Crippen LogP contribution in [0.15, 0.2) is 36.4 Å². The summed E-state index contributed by atoms with van der Waals surface area (Å²) in [5.41, 5.74) is 0.208. The van der Waals surface area contributed by atoms with E-state index in [0.29, 0.717) is 6.42 Å². The van der Waals surface area contributed by atoms with Crippen molar-refractivity contribution in [3.05, 3.63) is 36.4 Å². The summed E-state index contributed by atoms with van der Waals surface area (Å²) in [5, 5.41) is 0. The zero-order chi connectivity index (χ0) is 12.2. The molecule has 0 saturated carbocycles. The first-order chi connectivity index (χ1) is 7.41. The molecular formula is C11H13BF3KO. The van der Waals surface area contributed by atoms with Gasteiger partial charge in [-0.1, -0.05) is 29.2 Å². The maximum absolute atomic E-state index is 12.6. The first-order valence-corrected chi connectivity index (χ1v) is 4.97. The van der Waals surface area contributed by atoms with E-state index in [1.54, 1.807) is 0 Å². The summed E-state index contributed by atoms with van der Waals surface area (Å²) < 4.78 is 42.9. The maximum atomic E-state index is 12.6. The van der Waals surface area contributed by atoms with Gasteiger partial charge in [-0.2, -0.15) is 0 Å². The number of hydrogen-bond acceptors (Lipinski definition) is 1. The van der Waals surface area contributed by atoms with Gasteiger partial charge in [-0.05, 0) is 13.0 Å². The molecule has 6 heteroatoms. The van der Waals surface area contributed by atoms with E-state index in [2.05, 4.69) is 6.58 Å². The second kappa shape index (κ2) is 7.63. The number of ether oxygens (including phenoxy) is 1. The summed E-state index contributed by atoms with van der Waals surface area (Å²) in [4.78, 5) is 0. The van der Waals surface area contributed by atoms with Crippen molar-refractivity contribution >= 4 is 12.4 Å². The third-order valence-corrected chi connectivity index (χ3v) is 2.06. The van der Waals surface area contributed by atoms with Gasteiger partial charge in [-0.25, -0.2) is 0 Å². The number of hydrogen-bond donors (Lipinski definition) is 0. The van der Waals surface area contributed by atoms with Gasteiger partial charge in [0, 0.05) is 6.42 Å². The monoisotopic (exact) mass is 268 g/mol. The van der Waals surface area contributed by atoms with Crippen LogP contribution in [0.3, 0.4) is 0 Å². The van der Waals surface area contributed by atoms with Crippen LogP contribution in [-0.4, -0.2) is 13.6 Å². The Labute approximate surface area is 142 Å². The predicted molar refractivity (Wildman–Crippen MR) is 60.1 cm³/mol. The van der Waals surface area contributed by atoms with E-state index in [-0.39, 0.29) is 63.7 Å². The Kier molecular flexibility index (Phi) is 7.75. The van der Waals surface area contributed by atoms with Gasteiger partial charge in [-0.3, -0.25) is 0 Å². The van der Waals surface area contributed by atoms with Crippen LogP contribution in [0.1, 0.15) is 13.3 Å². The minimum absolute atomic E-state index is 0. The van der Waals surface area contributed by atoms with Gasteiger partial charge in [0.15, 0.2) is 0 Å². The van der Waals surface area contributed by atoms with E-state index in [1.807, 2.05) is 6.92 Å². The molecule has 0 amide bonds. The van der Waals surface area contributed by atoms with Crippen molar-refractivity contribution in [3.63, 3.8) is 0 Å². The number of benzene rings is 1. The smallest absolute Gasteiger partial charge is 0.496 e. The molecule has 0 fully saturated rings. The molecule has 0 aromatic heterocycles. The van der Waals surface area contributed by atoms with Crippen molar-refractivity contribution in [3.8, 4) is 5.75 Å². The van der Waals surface area contributed by atoms with Crippen LogP contribution in [0.5, 0.6) is 5.75 Å². The molecule has 1 aromatic rings. The minimum atomic E-state index is -5.02. The van der Waals surface area contributed by atoms with Gasteiger partial charge < -0.3 is 17.7 Å². The van der Waals surface area contributed by atoms with E-state index in [0.717, 1.165) is 11.6 Å². The first-order valence-electron chi connectivity index (χ1n) is 4.97. The normalized spacial score (nSPS) is 10.6. The minimum Gasteiger partial charge on any atom is -0.496 e. The molecule has 1 rings (SSSR count). The van der Waals surface area contributed by atoms with Crippen molar-refractivity contribution in [1.82, 2.24) is 0 Å². The molecule has 0 aliphatic heterocycles. The van der Waals surface area contributed by atoms with E-state index in [4.69, 9.17) is 4.74 Å². The summed E-state index contributed by atoms with van der Waals surface area (Å²) in [6.45, 7) is 0.671. The maximum Gasteiger partial charge on any atom is 1.00 e. The fourth-order valence-electron chi connectivity index (χ4n) is 1.22. The standard InChI is InChI=1S/C11H13BF3O.K/c1-9(2)7-8-16-11-6-4-3-5-10(11)12(13,14)15;/h3-6H,1,7-8H2,2H3;/q-1;+1. The van der Waals surface area contributed by atoms with Gasteiger partial charge in [0.2, 0.25) is 0 Å². The molecule has 0 spiro atoms. The Bertz CT molecular complexity index is 379. The molecule has 0 heterocycles. The van der Waals surface area contributed by atoms with E-state index >= 15 is 0 Å². The van der Waals surface area contributed by atoms with Crippen LogP contribution in [0, 0.1) is 0 Å². The molecule has 0 aliphatic carbocycles.